The first kappa shape index (κ1) is 34.0. The maximum absolute atomic E-state index is 13.6. The number of carbonyl (C=O) groups is 4. The Bertz CT molecular complexity index is 1300. The summed E-state index contributed by atoms with van der Waals surface area (Å²) in [6.07, 6.45) is 3.78. The lowest BCUT2D eigenvalue weighted by atomic mass is 9.86. The van der Waals surface area contributed by atoms with Gasteiger partial charge in [0.2, 0.25) is 17.7 Å². The molecule has 0 aliphatic carbocycles. The van der Waals surface area contributed by atoms with Crippen molar-refractivity contribution < 1.29 is 23.9 Å². The average molecular weight is 657 g/mol. The third kappa shape index (κ3) is 10.0. The first-order chi connectivity index (χ1) is 20.4. The van der Waals surface area contributed by atoms with Crippen LogP contribution in [0.5, 0.6) is 0 Å². The van der Waals surface area contributed by atoms with Gasteiger partial charge in [0.1, 0.15) is 12.1 Å². The summed E-state index contributed by atoms with van der Waals surface area (Å²) in [6, 6.07) is 15.2. The van der Waals surface area contributed by atoms with Crippen molar-refractivity contribution in [2.75, 3.05) is 26.7 Å². The molecule has 0 bridgehead atoms. The maximum atomic E-state index is 13.6. The summed E-state index contributed by atoms with van der Waals surface area (Å²) in [5, 5.41) is 8.28. The lowest BCUT2D eigenvalue weighted by Gasteiger charge is -2.36. The van der Waals surface area contributed by atoms with Crippen molar-refractivity contribution in [2.45, 2.75) is 58.8 Å². The number of ether oxygens (including phenoxy) is 1. The molecule has 11 heteroatoms. The molecule has 0 unspecified atom stereocenters. The van der Waals surface area contributed by atoms with E-state index in [4.69, 9.17) is 4.74 Å². The summed E-state index contributed by atoms with van der Waals surface area (Å²) < 4.78 is 6.86. The highest BCUT2D eigenvalue weighted by molar-refractivity contribution is 9.10. The first-order valence-electron chi connectivity index (χ1n) is 14.3. The molecule has 3 rings (SSSR count). The standard InChI is InChI=1S/C32H42BrN5O5/c1-22(34-5)29(40)36-28(32(2,3)4)30(41)35-19-27(39)38-17-16-37(15-14-23-12-9-13-25(33)18-23)31(42)26(38)21-43-20-24-10-7-6-8-11-24/h6-13,16-18,22,26,28,34H,14-15,19-21H2,1-5H3,(H,35,41)(H,36,40)/t22-,26-,28+/m0/s1. The number of nitrogens with one attached hydrogen (secondary N) is 3. The SMILES string of the molecule is CN[C@@H](C)C(=O)N[C@H](C(=O)NCC(=O)N1C=CN(CCc2cccc(Br)c2)C(=O)[C@@H]1COCc1ccccc1)C(C)(C)C. The number of halogens is 1. The molecule has 2 aromatic carbocycles. The summed E-state index contributed by atoms with van der Waals surface area (Å²) in [5.41, 5.74) is 1.40. The molecule has 4 amide bonds. The van der Waals surface area contributed by atoms with Crippen molar-refractivity contribution in [1.29, 1.82) is 0 Å². The van der Waals surface area contributed by atoms with Crippen LogP contribution in [0.25, 0.3) is 0 Å². The number of carbonyl (C=O) groups excluding carboxylic acids is 4. The van der Waals surface area contributed by atoms with E-state index in [1.54, 1.807) is 31.3 Å². The van der Waals surface area contributed by atoms with Crippen LogP contribution < -0.4 is 16.0 Å². The number of benzene rings is 2. The maximum Gasteiger partial charge on any atom is 0.252 e. The Morgan fingerprint density at radius 1 is 1.00 bits per heavy atom. The summed E-state index contributed by atoms with van der Waals surface area (Å²) in [4.78, 5) is 55.6. The van der Waals surface area contributed by atoms with E-state index in [1.165, 1.54) is 4.90 Å². The molecule has 0 radical (unpaired) electrons. The van der Waals surface area contributed by atoms with E-state index in [-0.39, 0.29) is 31.6 Å². The molecule has 1 aliphatic heterocycles. The number of rotatable bonds is 13. The molecular weight excluding hydrogens is 614 g/mol. The van der Waals surface area contributed by atoms with Crippen LogP contribution in [-0.4, -0.2) is 78.3 Å². The van der Waals surface area contributed by atoms with E-state index < -0.39 is 35.4 Å². The fourth-order valence-electron chi connectivity index (χ4n) is 4.47. The van der Waals surface area contributed by atoms with Gasteiger partial charge in [-0.15, -0.1) is 0 Å². The zero-order valence-electron chi connectivity index (χ0n) is 25.4. The van der Waals surface area contributed by atoms with Crippen LogP contribution in [0, 0.1) is 5.41 Å². The van der Waals surface area contributed by atoms with Crippen molar-refractivity contribution in [2.24, 2.45) is 5.41 Å². The molecule has 0 saturated carbocycles. The monoisotopic (exact) mass is 655 g/mol. The zero-order valence-corrected chi connectivity index (χ0v) is 27.0. The Hall–Kier alpha value is -3.54. The zero-order chi connectivity index (χ0) is 31.6. The van der Waals surface area contributed by atoms with E-state index in [0.29, 0.717) is 13.0 Å². The fraction of sp³-hybridized carbons (Fsp3) is 0.438. The topological polar surface area (TPSA) is 120 Å². The largest absolute Gasteiger partial charge is 0.374 e. The van der Waals surface area contributed by atoms with Crippen molar-refractivity contribution in [1.82, 2.24) is 25.8 Å². The third-order valence-corrected chi connectivity index (χ3v) is 7.67. The number of hydrogen-bond donors (Lipinski definition) is 3. The Morgan fingerprint density at radius 3 is 2.35 bits per heavy atom. The number of hydrogen-bond acceptors (Lipinski definition) is 6. The smallest absolute Gasteiger partial charge is 0.252 e. The van der Waals surface area contributed by atoms with Gasteiger partial charge in [-0.2, -0.15) is 0 Å². The second-order valence-electron chi connectivity index (χ2n) is 11.6. The molecule has 1 aliphatic rings. The second-order valence-corrected chi connectivity index (χ2v) is 12.5. The molecule has 10 nitrogen and oxygen atoms in total. The Morgan fingerprint density at radius 2 is 1.70 bits per heavy atom. The molecule has 0 fully saturated rings. The van der Waals surface area contributed by atoms with Gasteiger partial charge in [-0.05, 0) is 49.1 Å². The van der Waals surface area contributed by atoms with Crippen molar-refractivity contribution >= 4 is 39.6 Å². The van der Waals surface area contributed by atoms with Gasteiger partial charge in [0.05, 0.1) is 25.8 Å². The van der Waals surface area contributed by atoms with E-state index in [1.807, 2.05) is 75.4 Å². The molecule has 0 spiro atoms. The van der Waals surface area contributed by atoms with E-state index in [9.17, 15) is 19.2 Å². The third-order valence-electron chi connectivity index (χ3n) is 7.17. The van der Waals surface area contributed by atoms with E-state index in [2.05, 4.69) is 31.9 Å². The number of nitrogens with zero attached hydrogens (tertiary/aromatic N) is 2. The van der Waals surface area contributed by atoms with Crippen LogP contribution in [0.15, 0.2) is 71.5 Å². The van der Waals surface area contributed by atoms with Crippen LogP contribution in [0.1, 0.15) is 38.8 Å². The summed E-state index contributed by atoms with van der Waals surface area (Å²) in [5.74, 6) is -1.56. The average Bonchev–Trinajstić information content (AvgIpc) is 2.98. The highest BCUT2D eigenvalue weighted by atomic mass is 79.9. The lowest BCUT2D eigenvalue weighted by molar-refractivity contribution is -0.146. The first-order valence-corrected chi connectivity index (χ1v) is 15.1. The minimum atomic E-state index is -0.907. The molecule has 3 N–H and O–H groups in total. The predicted molar refractivity (Wildman–Crippen MR) is 168 cm³/mol. The molecule has 232 valence electrons. The summed E-state index contributed by atoms with van der Waals surface area (Å²) >= 11 is 3.48. The minimum Gasteiger partial charge on any atom is -0.374 e. The lowest BCUT2D eigenvalue weighted by Crippen LogP contribution is -2.58. The minimum absolute atomic E-state index is 0.0201. The molecule has 43 heavy (non-hydrogen) atoms. The van der Waals surface area contributed by atoms with E-state index in [0.717, 1.165) is 15.6 Å². The number of likely N-dealkylation sites (N-methyl/N-ethyl adjacent to an activating group) is 1. The Labute approximate surface area is 262 Å². The Balaban J connectivity index is 1.71. The quantitative estimate of drug-likeness (QED) is 0.305. The highest BCUT2D eigenvalue weighted by Crippen LogP contribution is 2.20. The fourth-order valence-corrected chi connectivity index (χ4v) is 4.91. The summed E-state index contributed by atoms with van der Waals surface area (Å²) in [6.45, 7) is 7.52. The molecule has 3 atom stereocenters. The molecule has 0 aromatic heterocycles. The highest BCUT2D eigenvalue weighted by Gasteiger charge is 2.37. The van der Waals surface area contributed by atoms with Gasteiger partial charge in [-0.25, -0.2) is 0 Å². The van der Waals surface area contributed by atoms with Gasteiger partial charge < -0.3 is 30.5 Å². The van der Waals surface area contributed by atoms with Gasteiger partial charge in [0.25, 0.3) is 5.91 Å². The van der Waals surface area contributed by atoms with Gasteiger partial charge in [0.15, 0.2) is 0 Å². The second kappa shape index (κ2) is 15.8. The van der Waals surface area contributed by atoms with Crippen molar-refractivity contribution in [3.8, 4) is 0 Å². The van der Waals surface area contributed by atoms with Gasteiger partial charge in [-0.1, -0.05) is 79.2 Å². The van der Waals surface area contributed by atoms with Crippen LogP contribution in [-0.2, 0) is 36.9 Å². The molecular formula is C32H42BrN5O5. The van der Waals surface area contributed by atoms with Crippen molar-refractivity contribution in [3.63, 3.8) is 0 Å². The van der Waals surface area contributed by atoms with E-state index >= 15 is 0 Å². The summed E-state index contributed by atoms with van der Waals surface area (Å²) in [7, 11) is 1.66. The normalized spacial score (nSPS) is 16.5. The van der Waals surface area contributed by atoms with Crippen molar-refractivity contribution in [3.05, 3.63) is 82.6 Å². The molecule has 1 heterocycles. The Kier molecular flexibility index (Phi) is 12.5. The van der Waals surface area contributed by atoms with Crippen LogP contribution in [0.2, 0.25) is 0 Å². The van der Waals surface area contributed by atoms with Gasteiger partial charge >= 0.3 is 0 Å². The van der Waals surface area contributed by atoms with Crippen LogP contribution >= 0.6 is 15.9 Å². The molecule has 0 saturated heterocycles. The predicted octanol–water partition coefficient (Wildman–Crippen LogP) is 2.97. The van der Waals surface area contributed by atoms with Gasteiger partial charge in [-0.3, -0.25) is 19.2 Å². The van der Waals surface area contributed by atoms with Crippen LogP contribution in [0.4, 0.5) is 0 Å². The molecule has 2 aromatic rings. The van der Waals surface area contributed by atoms with Crippen LogP contribution in [0.3, 0.4) is 0 Å². The van der Waals surface area contributed by atoms with Gasteiger partial charge in [0, 0.05) is 23.4 Å². The number of amides is 4.